The van der Waals surface area contributed by atoms with E-state index < -0.39 is 0 Å². The molecule has 9 aromatic rings. The van der Waals surface area contributed by atoms with Gasteiger partial charge in [0, 0.05) is 11.1 Å². The second-order valence-electron chi connectivity index (χ2n) is 11.2. The van der Waals surface area contributed by atoms with E-state index in [4.69, 9.17) is 19.9 Å². The summed E-state index contributed by atoms with van der Waals surface area (Å²) in [5, 5.41) is 0. The number of fused-ring (bicyclic) bond motifs is 5. The molecule has 3 heterocycles. The van der Waals surface area contributed by atoms with E-state index in [0.29, 0.717) is 17.6 Å². The highest BCUT2D eigenvalue weighted by Gasteiger charge is 2.21. The van der Waals surface area contributed by atoms with Gasteiger partial charge in [0.25, 0.3) is 0 Å². The van der Waals surface area contributed by atoms with Gasteiger partial charge in [0.05, 0.1) is 22.1 Å². The summed E-state index contributed by atoms with van der Waals surface area (Å²) in [6, 6.07) is 54.1. The molecule has 3 aromatic heterocycles. The maximum absolute atomic E-state index is 5.11. The first kappa shape index (κ1) is 26.0. The Balaban J connectivity index is 1.28. The van der Waals surface area contributed by atoms with Crippen molar-refractivity contribution in [2.75, 3.05) is 0 Å². The Hall–Kier alpha value is -6.40. The van der Waals surface area contributed by atoms with Gasteiger partial charge >= 0.3 is 0 Å². The minimum Gasteiger partial charge on any atom is -0.276 e. The highest BCUT2D eigenvalue weighted by atomic mass is 15.3. The molecule has 6 aromatic carbocycles. The maximum Gasteiger partial charge on any atom is 0.241 e. The van der Waals surface area contributed by atoms with Gasteiger partial charge in [-0.05, 0) is 46.5 Å². The van der Waals surface area contributed by atoms with Crippen LogP contribution in [0.3, 0.4) is 0 Å². The van der Waals surface area contributed by atoms with E-state index in [9.17, 15) is 0 Å². The van der Waals surface area contributed by atoms with Gasteiger partial charge in [0.1, 0.15) is 0 Å². The largest absolute Gasteiger partial charge is 0.276 e. The summed E-state index contributed by atoms with van der Waals surface area (Å²) < 4.78 is 4.26. The topological polar surface area (TPSA) is 60.9 Å². The van der Waals surface area contributed by atoms with Crippen molar-refractivity contribution in [2.24, 2.45) is 0 Å². The van der Waals surface area contributed by atoms with E-state index in [1.165, 1.54) is 11.1 Å². The Labute approximate surface area is 264 Å². The fourth-order valence-corrected chi connectivity index (χ4v) is 6.16. The average Bonchev–Trinajstić information content (AvgIpc) is 3.67. The number of nitrogens with zero attached hydrogens (tertiary/aromatic N) is 6. The number of hydrogen-bond acceptors (Lipinski definition) is 4. The van der Waals surface area contributed by atoms with Crippen LogP contribution in [-0.2, 0) is 0 Å². The van der Waals surface area contributed by atoms with Crippen LogP contribution in [0, 0.1) is 0 Å². The summed E-state index contributed by atoms with van der Waals surface area (Å²) in [6.45, 7) is 0. The third-order valence-corrected chi connectivity index (χ3v) is 8.41. The van der Waals surface area contributed by atoms with Gasteiger partial charge in [-0.25, -0.2) is 14.5 Å². The summed E-state index contributed by atoms with van der Waals surface area (Å²) in [4.78, 5) is 20.1. The van der Waals surface area contributed by atoms with Crippen molar-refractivity contribution in [3.8, 4) is 51.0 Å². The van der Waals surface area contributed by atoms with Crippen molar-refractivity contribution in [1.82, 2.24) is 28.9 Å². The van der Waals surface area contributed by atoms with Crippen LogP contribution in [0.2, 0.25) is 0 Å². The standard InChI is InChI=1S/C40H26N6/c1-4-12-27(13-5-1)28-20-22-29(23-21-28)32-24-25-35-36(26-32)45-34-19-11-10-18-33(34)41-40(45)46(35)39-43-37(30-14-6-2-7-15-30)42-38(44-39)31-16-8-3-9-17-31/h1-26H. The van der Waals surface area contributed by atoms with Crippen LogP contribution in [0.15, 0.2) is 158 Å². The second-order valence-corrected chi connectivity index (χ2v) is 11.2. The number of rotatable bonds is 5. The summed E-state index contributed by atoms with van der Waals surface area (Å²) in [5.74, 6) is 2.48. The lowest BCUT2D eigenvalue weighted by molar-refractivity contribution is 0.937. The van der Waals surface area contributed by atoms with E-state index in [2.05, 4.69) is 87.8 Å². The SMILES string of the molecule is c1ccc(-c2ccc(-c3ccc4c(c3)n3c5ccccc5nc3n4-c3nc(-c4ccccc4)nc(-c4ccccc4)n3)cc2)cc1. The Morgan fingerprint density at radius 3 is 1.48 bits per heavy atom. The highest BCUT2D eigenvalue weighted by Crippen LogP contribution is 2.33. The third-order valence-electron chi connectivity index (χ3n) is 8.41. The average molecular weight is 591 g/mol. The molecule has 0 saturated carbocycles. The minimum absolute atomic E-state index is 0.517. The summed E-state index contributed by atoms with van der Waals surface area (Å²) in [7, 11) is 0. The number of aromatic nitrogens is 6. The smallest absolute Gasteiger partial charge is 0.241 e. The predicted octanol–water partition coefficient (Wildman–Crippen LogP) is 9.28. The van der Waals surface area contributed by atoms with E-state index in [1.54, 1.807) is 0 Å². The molecule has 46 heavy (non-hydrogen) atoms. The zero-order valence-electron chi connectivity index (χ0n) is 24.7. The molecule has 0 N–H and O–H groups in total. The van der Waals surface area contributed by atoms with Crippen molar-refractivity contribution in [3.63, 3.8) is 0 Å². The van der Waals surface area contributed by atoms with Crippen molar-refractivity contribution in [2.45, 2.75) is 0 Å². The first-order valence-electron chi connectivity index (χ1n) is 15.2. The first-order valence-corrected chi connectivity index (χ1v) is 15.2. The molecule has 0 amide bonds. The second kappa shape index (κ2) is 10.6. The Bertz CT molecular complexity index is 2440. The van der Waals surface area contributed by atoms with Gasteiger partial charge in [-0.15, -0.1) is 0 Å². The molecular weight excluding hydrogens is 564 g/mol. The molecule has 6 heteroatoms. The van der Waals surface area contributed by atoms with Crippen LogP contribution in [-0.4, -0.2) is 28.9 Å². The van der Waals surface area contributed by atoms with Gasteiger partial charge < -0.3 is 0 Å². The number of hydrogen-bond donors (Lipinski definition) is 0. The highest BCUT2D eigenvalue weighted by molar-refractivity contribution is 5.94. The van der Waals surface area contributed by atoms with Crippen LogP contribution in [0.1, 0.15) is 0 Å². The summed E-state index contributed by atoms with van der Waals surface area (Å²) in [6.07, 6.45) is 0. The monoisotopic (exact) mass is 590 g/mol. The molecule has 6 nitrogen and oxygen atoms in total. The van der Waals surface area contributed by atoms with E-state index in [0.717, 1.165) is 50.1 Å². The molecule has 0 aliphatic rings. The molecule has 0 bridgehead atoms. The molecule has 0 aliphatic carbocycles. The number of benzene rings is 6. The van der Waals surface area contributed by atoms with E-state index in [1.807, 2.05) is 78.9 Å². The Kier molecular flexibility index (Phi) is 6.03. The zero-order valence-corrected chi connectivity index (χ0v) is 24.7. The summed E-state index contributed by atoms with van der Waals surface area (Å²) >= 11 is 0. The normalized spacial score (nSPS) is 11.5. The van der Waals surface area contributed by atoms with Crippen molar-refractivity contribution >= 4 is 27.8 Å². The van der Waals surface area contributed by atoms with Crippen LogP contribution < -0.4 is 0 Å². The Morgan fingerprint density at radius 2 is 0.848 bits per heavy atom. The lowest BCUT2D eigenvalue weighted by atomic mass is 10.00. The Morgan fingerprint density at radius 1 is 0.348 bits per heavy atom. The van der Waals surface area contributed by atoms with Crippen molar-refractivity contribution in [3.05, 3.63) is 158 Å². The third kappa shape index (κ3) is 4.35. The van der Waals surface area contributed by atoms with Gasteiger partial charge in [-0.1, -0.05) is 133 Å². The molecule has 9 rings (SSSR count). The van der Waals surface area contributed by atoms with Crippen molar-refractivity contribution in [1.29, 1.82) is 0 Å². The van der Waals surface area contributed by atoms with Crippen LogP contribution in [0.25, 0.3) is 78.8 Å². The fraction of sp³-hybridized carbons (Fsp3) is 0. The first-order chi connectivity index (χ1) is 22.8. The maximum atomic E-state index is 5.11. The molecule has 0 fully saturated rings. The zero-order chi connectivity index (χ0) is 30.5. The fourth-order valence-electron chi connectivity index (χ4n) is 6.16. The summed E-state index contributed by atoms with van der Waals surface area (Å²) in [5.41, 5.74) is 10.4. The molecular formula is C40H26N6. The molecule has 0 unspecified atom stereocenters. The van der Waals surface area contributed by atoms with Crippen LogP contribution >= 0.6 is 0 Å². The van der Waals surface area contributed by atoms with E-state index >= 15 is 0 Å². The molecule has 0 saturated heterocycles. The van der Waals surface area contributed by atoms with Crippen LogP contribution in [0.4, 0.5) is 0 Å². The van der Waals surface area contributed by atoms with Gasteiger partial charge in [0.15, 0.2) is 11.6 Å². The quantitative estimate of drug-likeness (QED) is 0.200. The van der Waals surface area contributed by atoms with Gasteiger partial charge in [0.2, 0.25) is 11.7 Å². The van der Waals surface area contributed by atoms with Crippen LogP contribution in [0.5, 0.6) is 0 Å². The predicted molar refractivity (Wildman–Crippen MR) is 185 cm³/mol. The molecule has 0 aliphatic heterocycles. The van der Waals surface area contributed by atoms with Gasteiger partial charge in [-0.3, -0.25) is 4.40 Å². The number of para-hydroxylation sites is 2. The lowest BCUT2D eigenvalue weighted by Gasteiger charge is -2.10. The molecule has 216 valence electrons. The molecule has 0 spiro atoms. The number of imidazole rings is 2. The van der Waals surface area contributed by atoms with Gasteiger partial charge in [-0.2, -0.15) is 9.97 Å². The minimum atomic E-state index is 0.517. The van der Waals surface area contributed by atoms with E-state index in [-0.39, 0.29) is 0 Å². The molecule has 0 atom stereocenters. The lowest BCUT2D eigenvalue weighted by Crippen LogP contribution is -2.06. The molecule has 0 radical (unpaired) electrons. The van der Waals surface area contributed by atoms with Crippen molar-refractivity contribution < 1.29 is 0 Å².